The first-order valence-corrected chi connectivity index (χ1v) is 9.04. The Labute approximate surface area is 142 Å². The van der Waals surface area contributed by atoms with E-state index in [9.17, 15) is 13.2 Å². The van der Waals surface area contributed by atoms with Gasteiger partial charge in [0.25, 0.3) is 10.0 Å². The zero-order valence-electron chi connectivity index (χ0n) is 13.6. The first kappa shape index (κ1) is 17.7. The van der Waals surface area contributed by atoms with E-state index in [1.54, 1.807) is 26.0 Å². The van der Waals surface area contributed by atoms with Gasteiger partial charge in [0.05, 0.1) is 11.4 Å². The summed E-state index contributed by atoms with van der Waals surface area (Å²) in [7, 11) is -3.88. The summed E-state index contributed by atoms with van der Waals surface area (Å²) in [5.41, 5.74) is 2.22. The van der Waals surface area contributed by atoms with Crippen molar-refractivity contribution in [3.63, 3.8) is 0 Å². The molecule has 0 bridgehead atoms. The number of allylic oxidation sites excluding steroid dienone is 1. The zero-order chi connectivity index (χ0) is 17.6. The van der Waals surface area contributed by atoms with Crippen LogP contribution in [0, 0.1) is 0 Å². The molecule has 0 saturated heterocycles. The second-order valence-corrected chi connectivity index (χ2v) is 6.95. The number of carbonyl (C=O) groups excluding carboxylic acids is 1. The van der Waals surface area contributed by atoms with Crippen LogP contribution in [0.15, 0.2) is 66.1 Å². The molecular weight excluding hydrogens is 324 g/mol. The summed E-state index contributed by atoms with van der Waals surface area (Å²) in [5, 5.41) is 3.66. The van der Waals surface area contributed by atoms with Gasteiger partial charge in [0.1, 0.15) is 0 Å². The quantitative estimate of drug-likeness (QED) is 0.872. The number of amides is 2. The van der Waals surface area contributed by atoms with Crippen LogP contribution < -0.4 is 10.0 Å². The van der Waals surface area contributed by atoms with E-state index >= 15 is 0 Å². The number of urea groups is 1. The fourth-order valence-corrected chi connectivity index (χ4v) is 3.19. The minimum absolute atomic E-state index is 0.305. The third-order valence-corrected chi connectivity index (χ3v) is 4.58. The molecule has 0 saturated carbocycles. The maximum atomic E-state index is 12.1. The van der Waals surface area contributed by atoms with Crippen LogP contribution in [-0.2, 0) is 10.0 Å². The Morgan fingerprint density at radius 3 is 2.12 bits per heavy atom. The summed E-state index contributed by atoms with van der Waals surface area (Å²) >= 11 is 0. The average Bonchev–Trinajstić information content (AvgIpc) is 2.55. The molecule has 1 atom stereocenters. The minimum atomic E-state index is -3.88. The van der Waals surface area contributed by atoms with Crippen molar-refractivity contribution < 1.29 is 13.2 Å². The summed E-state index contributed by atoms with van der Waals surface area (Å²) in [6.07, 6.45) is 0. The van der Waals surface area contributed by atoms with Crippen LogP contribution in [-0.4, -0.2) is 14.4 Å². The molecule has 0 spiro atoms. The molecule has 1 unspecified atom stereocenters. The predicted octanol–water partition coefficient (Wildman–Crippen LogP) is 3.44. The highest BCUT2D eigenvalue weighted by Gasteiger charge is 2.15. The Morgan fingerprint density at radius 2 is 1.54 bits per heavy atom. The molecule has 0 heterocycles. The number of carbonyl (C=O) groups is 1. The highest BCUT2D eigenvalue weighted by molar-refractivity contribution is 7.93. The van der Waals surface area contributed by atoms with Crippen molar-refractivity contribution in [3.05, 3.63) is 77.2 Å². The fourth-order valence-electron chi connectivity index (χ4n) is 2.21. The van der Waals surface area contributed by atoms with Gasteiger partial charge in [-0.1, -0.05) is 60.7 Å². The van der Waals surface area contributed by atoms with Crippen molar-refractivity contribution in [2.75, 3.05) is 0 Å². The number of nitrogens with one attached hydrogen (secondary N) is 2. The molecule has 2 rings (SSSR count). The van der Waals surface area contributed by atoms with Crippen molar-refractivity contribution >= 4 is 21.6 Å². The molecule has 2 N–H and O–H groups in total. The third kappa shape index (κ3) is 5.24. The Morgan fingerprint density at radius 1 is 1.00 bits per heavy atom. The molecule has 0 radical (unpaired) electrons. The van der Waals surface area contributed by atoms with Gasteiger partial charge in [-0.15, -0.1) is 0 Å². The lowest BCUT2D eigenvalue weighted by molar-refractivity contribution is 0.243. The molecule has 24 heavy (non-hydrogen) atoms. The summed E-state index contributed by atoms with van der Waals surface area (Å²) in [4.78, 5) is 11.9. The molecule has 0 aromatic heterocycles. The summed E-state index contributed by atoms with van der Waals surface area (Å²) in [5.74, 6) is 0. The molecule has 6 heteroatoms. The van der Waals surface area contributed by atoms with Crippen molar-refractivity contribution in [1.29, 1.82) is 0 Å². The molecule has 0 aliphatic carbocycles. The monoisotopic (exact) mass is 344 g/mol. The maximum absolute atomic E-state index is 12.1. The van der Waals surface area contributed by atoms with E-state index in [0.29, 0.717) is 5.57 Å². The van der Waals surface area contributed by atoms with E-state index in [1.165, 1.54) is 0 Å². The fraction of sp³-hybridized carbons (Fsp3) is 0.167. The van der Waals surface area contributed by atoms with Gasteiger partial charge in [-0.2, -0.15) is 0 Å². The Kier molecular flexibility index (Phi) is 5.76. The molecule has 2 aromatic rings. The lowest BCUT2D eigenvalue weighted by Crippen LogP contribution is -2.39. The first-order chi connectivity index (χ1) is 11.4. The highest BCUT2D eigenvalue weighted by atomic mass is 32.2. The van der Waals surface area contributed by atoms with Gasteiger partial charge < -0.3 is 5.32 Å². The molecule has 0 aliphatic heterocycles. The van der Waals surface area contributed by atoms with Crippen molar-refractivity contribution in [2.45, 2.75) is 19.9 Å². The second kappa shape index (κ2) is 7.79. The van der Waals surface area contributed by atoms with Crippen LogP contribution in [0.1, 0.15) is 31.0 Å². The summed E-state index contributed by atoms with van der Waals surface area (Å²) in [6, 6.07) is 17.3. The van der Waals surface area contributed by atoms with Gasteiger partial charge in [0.2, 0.25) is 0 Å². The molecule has 2 aromatic carbocycles. The van der Waals surface area contributed by atoms with Gasteiger partial charge in [0, 0.05) is 0 Å². The normalized spacial score (nSPS) is 13.2. The number of sulfonamides is 1. The Balaban J connectivity index is 2.02. The SMILES string of the molecule is C/C(=C\S(=O)(=O)NC(=O)NC(C)c1ccccc1)c1ccccc1. The largest absolute Gasteiger partial charge is 0.331 e. The van der Waals surface area contributed by atoms with Crippen molar-refractivity contribution in [1.82, 2.24) is 10.0 Å². The van der Waals surface area contributed by atoms with Crippen LogP contribution in [0.5, 0.6) is 0 Å². The molecule has 0 fully saturated rings. The van der Waals surface area contributed by atoms with Crippen molar-refractivity contribution in [3.8, 4) is 0 Å². The summed E-state index contributed by atoms with van der Waals surface area (Å²) < 4.78 is 26.2. The zero-order valence-corrected chi connectivity index (χ0v) is 14.4. The smallest absolute Gasteiger partial charge is 0.329 e. The van der Waals surface area contributed by atoms with E-state index in [2.05, 4.69) is 5.32 Å². The van der Waals surface area contributed by atoms with Gasteiger partial charge >= 0.3 is 6.03 Å². The number of rotatable bonds is 5. The third-order valence-electron chi connectivity index (χ3n) is 3.44. The minimum Gasteiger partial charge on any atom is -0.331 e. The molecule has 5 nitrogen and oxygen atoms in total. The Bertz CT molecular complexity index is 816. The lowest BCUT2D eigenvalue weighted by Gasteiger charge is -2.14. The predicted molar refractivity (Wildman–Crippen MR) is 95.5 cm³/mol. The Hall–Kier alpha value is -2.60. The number of hydrogen-bond donors (Lipinski definition) is 2. The second-order valence-electron chi connectivity index (χ2n) is 5.42. The highest BCUT2D eigenvalue weighted by Crippen LogP contribution is 2.14. The van der Waals surface area contributed by atoms with Gasteiger partial charge in [-0.05, 0) is 30.5 Å². The van der Waals surface area contributed by atoms with Gasteiger partial charge in [-0.25, -0.2) is 17.9 Å². The van der Waals surface area contributed by atoms with E-state index in [-0.39, 0.29) is 6.04 Å². The van der Waals surface area contributed by atoms with Crippen molar-refractivity contribution in [2.24, 2.45) is 0 Å². The van der Waals surface area contributed by atoms with Crippen LogP contribution in [0.25, 0.3) is 5.57 Å². The standard InChI is InChI=1S/C18H20N2O3S/c1-14(16-9-5-3-6-10-16)13-24(22,23)20-18(21)19-15(2)17-11-7-4-8-12-17/h3-13,15H,1-2H3,(H2,19,20,21)/b14-13+. The molecular formula is C18H20N2O3S. The first-order valence-electron chi connectivity index (χ1n) is 7.49. The van der Waals surface area contributed by atoms with E-state index in [0.717, 1.165) is 16.5 Å². The van der Waals surface area contributed by atoms with E-state index in [4.69, 9.17) is 0 Å². The molecule has 2 amide bonds. The maximum Gasteiger partial charge on any atom is 0.329 e. The lowest BCUT2D eigenvalue weighted by atomic mass is 10.1. The topological polar surface area (TPSA) is 75.3 Å². The average molecular weight is 344 g/mol. The van der Waals surface area contributed by atoms with Gasteiger partial charge in [-0.3, -0.25) is 0 Å². The molecule has 0 aliphatic rings. The van der Waals surface area contributed by atoms with Crippen LogP contribution in [0.2, 0.25) is 0 Å². The number of benzene rings is 2. The van der Waals surface area contributed by atoms with Crippen LogP contribution in [0.4, 0.5) is 4.79 Å². The van der Waals surface area contributed by atoms with E-state index < -0.39 is 16.1 Å². The van der Waals surface area contributed by atoms with Crippen LogP contribution >= 0.6 is 0 Å². The van der Waals surface area contributed by atoms with E-state index in [1.807, 2.05) is 53.3 Å². The molecule has 126 valence electrons. The summed E-state index contributed by atoms with van der Waals surface area (Å²) in [6.45, 7) is 3.46. The van der Waals surface area contributed by atoms with Gasteiger partial charge in [0.15, 0.2) is 0 Å². The van der Waals surface area contributed by atoms with Crippen LogP contribution in [0.3, 0.4) is 0 Å². The number of hydrogen-bond acceptors (Lipinski definition) is 3.